The second kappa shape index (κ2) is 16.1. The van der Waals surface area contributed by atoms with E-state index in [9.17, 15) is 4.79 Å². The maximum absolute atomic E-state index is 10.3. The number of carboxylic acid groups (broad SMARTS) is 1. The van der Waals surface area contributed by atoms with E-state index in [1.165, 1.54) is 19.3 Å². The molecular weight excluding hydrogens is 272 g/mol. The first-order valence-corrected chi connectivity index (χ1v) is 8.79. The molecule has 0 aliphatic rings. The Morgan fingerprint density at radius 2 is 1.36 bits per heavy atom. The molecular formula is C20H34O2. The Hall–Kier alpha value is -1.31. The molecule has 0 radical (unpaired) electrons. The summed E-state index contributed by atoms with van der Waals surface area (Å²) in [4.78, 5) is 10.3. The van der Waals surface area contributed by atoms with Crippen LogP contribution in [0.5, 0.6) is 0 Å². The lowest BCUT2D eigenvalue weighted by molar-refractivity contribution is -0.137. The zero-order valence-corrected chi connectivity index (χ0v) is 14.5. The van der Waals surface area contributed by atoms with E-state index in [-0.39, 0.29) is 0 Å². The van der Waals surface area contributed by atoms with E-state index < -0.39 is 5.97 Å². The van der Waals surface area contributed by atoms with Gasteiger partial charge in [-0.15, -0.1) is 0 Å². The second-order valence-electron chi connectivity index (χ2n) is 6.22. The average Bonchev–Trinajstić information content (AvgIpc) is 2.46. The molecule has 0 heterocycles. The van der Waals surface area contributed by atoms with Gasteiger partial charge in [-0.3, -0.25) is 4.79 Å². The van der Waals surface area contributed by atoms with Gasteiger partial charge in [0, 0.05) is 6.42 Å². The molecule has 0 unspecified atom stereocenters. The van der Waals surface area contributed by atoms with E-state index in [1.807, 2.05) is 0 Å². The predicted octanol–water partition coefficient (Wildman–Crippen LogP) is 6.30. The fourth-order valence-electron chi connectivity index (χ4n) is 2.10. The number of hydrogen-bond acceptors (Lipinski definition) is 1. The number of allylic oxidation sites excluding steroid dienone is 6. The fraction of sp³-hybridized carbons (Fsp3) is 0.650. The number of carbonyl (C=O) groups is 1. The first-order chi connectivity index (χ1) is 10.6. The Kier molecular flexibility index (Phi) is 15.1. The minimum atomic E-state index is -0.675. The quantitative estimate of drug-likeness (QED) is 0.302. The van der Waals surface area contributed by atoms with Crippen molar-refractivity contribution in [3.8, 4) is 0 Å². The zero-order valence-electron chi connectivity index (χ0n) is 14.5. The van der Waals surface area contributed by atoms with Gasteiger partial charge in [0.15, 0.2) is 0 Å². The van der Waals surface area contributed by atoms with Crippen LogP contribution in [0.25, 0.3) is 0 Å². The molecule has 0 aromatic heterocycles. The van der Waals surface area contributed by atoms with E-state index in [0.717, 1.165) is 44.4 Å². The second-order valence-corrected chi connectivity index (χ2v) is 6.22. The molecule has 0 spiro atoms. The van der Waals surface area contributed by atoms with Crippen molar-refractivity contribution in [2.75, 3.05) is 0 Å². The molecule has 0 amide bonds. The normalized spacial score (nSPS) is 12.3. The molecule has 0 rings (SSSR count). The van der Waals surface area contributed by atoms with Crippen LogP contribution in [-0.2, 0) is 4.79 Å². The fourth-order valence-corrected chi connectivity index (χ4v) is 2.10. The largest absolute Gasteiger partial charge is 0.481 e. The van der Waals surface area contributed by atoms with Crippen molar-refractivity contribution >= 4 is 5.97 Å². The summed E-state index contributed by atoms with van der Waals surface area (Å²) in [6, 6.07) is 0. The number of rotatable bonds is 14. The predicted molar refractivity (Wildman–Crippen MR) is 96.1 cm³/mol. The highest BCUT2D eigenvalue weighted by Gasteiger charge is 1.95. The average molecular weight is 306 g/mol. The number of carboxylic acids is 1. The van der Waals surface area contributed by atoms with Gasteiger partial charge in [-0.05, 0) is 44.4 Å². The summed E-state index contributed by atoms with van der Waals surface area (Å²) >= 11 is 0. The van der Waals surface area contributed by atoms with Crippen molar-refractivity contribution in [2.45, 2.75) is 78.1 Å². The van der Waals surface area contributed by atoms with Gasteiger partial charge in [-0.1, -0.05) is 69.6 Å². The van der Waals surface area contributed by atoms with Gasteiger partial charge >= 0.3 is 5.97 Å². The molecule has 2 nitrogen and oxygen atoms in total. The molecule has 0 saturated heterocycles. The minimum absolute atomic E-state index is 0.318. The van der Waals surface area contributed by atoms with Crippen LogP contribution in [0.15, 0.2) is 36.5 Å². The van der Waals surface area contributed by atoms with Crippen LogP contribution >= 0.6 is 0 Å². The first kappa shape index (κ1) is 20.7. The van der Waals surface area contributed by atoms with Gasteiger partial charge in [0.05, 0.1) is 0 Å². The molecule has 0 atom stereocenters. The monoisotopic (exact) mass is 306 g/mol. The van der Waals surface area contributed by atoms with Gasteiger partial charge < -0.3 is 5.11 Å². The molecule has 126 valence electrons. The van der Waals surface area contributed by atoms with Crippen LogP contribution in [0.2, 0.25) is 0 Å². The topological polar surface area (TPSA) is 37.3 Å². The summed E-state index contributed by atoms with van der Waals surface area (Å²) in [7, 11) is 0. The molecule has 22 heavy (non-hydrogen) atoms. The van der Waals surface area contributed by atoms with Gasteiger partial charge in [0.25, 0.3) is 0 Å². The Bertz CT molecular complexity index is 338. The van der Waals surface area contributed by atoms with Gasteiger partial charge in [0.1, 0.15) is 0 Å². The summed E-state index contributed by atoms with van der Waals surface area (Å²) < 4.78 is 0. The van der Waals surface area contributed by atoms with Crippen LogP contribution < -0.4 is 0 Å². The third-order valence-electron chi connectivity index (χ3n) is 3.41. The Morgan fingerprint density at radius 3 is 2.00 bits per heavy atom. The van der Waals surface area contributed by atoms with Crippen LogP contribution in [0.4, 0.5) is 0 Å². The van der Waals surface area contributed by atoms with E-state index in [2.05, 4.69) is 50.3 Å². The molecule has 0 fully saturated rings. The summed E-state index contributed by atoms with van der Waals surface area (Å²) in [5.74, 6) is 0.0757. The molecule has 0 bridgehead atoms. The van der Waals surface area contributed by atoms with E-state index in [4.69, 9.17) is 5.11 Å². The maximum atomic E-state index is 10.3. The highest BCUT2D eigenvalue weighted by atomic mass is 16.4. The third kappa shape index (κ3) is 18.7. The van der Waals surface area contributed by atoms with Crippen LogP contribution in [0, 0.1) is 5.92 Å². The highest BCUT2D eigenvalue weighted by Crippen LogP contribution is 2.08. The third-order valence-corrected chi connectivity index (χ3v) is 3.41. The number of unbranched alkanes of at least 4 members (excludes halogenated alkanes) is 5. The van der Waals surface area contributed by atoms with Gasteiger partial charge in [0.2, 0.25) is 0 Å². The summed E-state index contributed by atoms with van der Waals surface area (Å²) in [6.45, 7) is 4.47. The summed E-state index contributed by atoms with van der Waals surface area (Å²) in [5.41, 5.74) is 0. The van der Waals surface area contributed by atoms with Crippen molar-refractivity contribution in [1.82, 2.24) is 0 Å². The molecule has 0 aromatic carbocycles. The van der Waals surface area contributed by atoms with E-state index in [0.29, 0.717) is 6.42 Å². The van der Waals surface area contributed by atoms with Gasteiger partial charge in [-0.2, -0.15) is 0 Å². The maximum Gasteiger partial charge on any atom is 0.303 e. The molecule has 2 heteroatoms. The van der Waals surface area contributed by atoms with Crippen LogP contribution in [0.3, 0.4) is 0 Å². The summed E-state index contributed by atoms with van der Waals surface area (Å²) in [5, 5.41) is 8.52. The van der Waals surface area contributed by atoms with Crippen molar-refractivity contribution in [2.24, 2.45) is 5.92 Å². The Morgan fingerprint density at radius 1 is 0.818 bits per heavy atom. The van der Waals surface area contributed by atoms with Crippen LogP contribution in [0.1, 0.15) is 78.1 Å². The lowest BCUT2D eigenvalue weighted by Gasteiger charge is -1.98. The van der Waals surface area contributed by atoms with Crippen molar-refractivity contribution in [1.29, 1.82) is 0 Å². The molecule has 0 aromatic rings. The first-order valence-electron chi connectivity index (χ1n) is 8.79. The smallest absolute Gasteiger partial charge is 0.303 e. The van der Waals surface area contributed by atoms with Crippen LogP contribution in [-0.4, -0.2) is 11.1 Å². The molecule has 0 aliphatic carbocycles. The SMILES string of the molecule is CC(C)C/C=C\C/C=C\C/C=C\CCCCCCCC(=O)O. The number of aliphatic carboxylic acids is 1. The van der Waals surface area contributed by atoms with Crippen molar-refractivity contribution in [3.63, 3.8) is 0 Å². The van der Waals surface area contributed by atoms with E-state index in [1.54, 1.807) is 0 Å². The van der Waals surface area contributed by atoms with Crippen molar-refractivity contribution in [3.05, 3.63) is 36.5 Å². The molecule has 0 aliphatic heterocycles. The standard InChI is InChI=1S/C20H34O2/c1-19(2)17-15-13-11-9-7-5-3-4-6-8-10-12-14-16-18-20(21)22/h3-4,7,9,13,15,19H,5-6,8,10-12,14,16-18H2,1-2H3,(H,21,22)/b4-3-,9-7-,15-13-. The molecule has 0 saturated carbocycles. The zero-order chi connectivity index (χ0) is 16.5. The summed E-state index contributed by atoms with van der Waals surface area (Å²) in [6.07, 6.45) is 23.6. The Balaban J connectivity index is 3.30. The molecule has 1 N–H and O–H groups in total. The lowest BCUT2D eigenvalue weighted by atomic mass is 10.1. The minimum Gasteiger partial charge on any atom is -0.481 e. The highest BCUT2D eigenvalue weighted by molar-refractivity contribution is 5.66. The number of hydrogen-bond donors (Lipinski definition) is 1. The van der Waals surface area contributed by atoms with Crippen molar-refractivity contribution < 1.29 is 9.90 Å². The van der Waals surface area contributed by atoms with E-state index >= 15 is 0 Å². The Labute approximate surface area is 137 Å². The van der Waals surface area contributed by atoms with Gasteiger partial charge in [-0.25, -0.2) is 0 Å². The lowest BCUT2D eigenvalue weighted by Crippen LogP contribution is -1.93.